The molecular formula is C16H27N3O3. The molecule has 1 unspecified atom stereocenters. The van der Waals surface area contributed by atoms with Crippen LogP contribution < -0.4 is 5.11 Å². The third-order valence-corrected chi connectivity index (χ3v) is 4.48. The topological polar surface area (TPSA) is 65.0 Å². The fourth-order valence-corrected chi connectivity index (χ4v) is 3.56. The maximum absolute atomic E-state index is 11.3. The van der Waals surface area contributed by atoms with Crippen LogP contribution in [0.25, 0.3) is 0 Å². The van der Waals surface area contributed by atoms with Gasteiger partial charge < -0.3 is 14.6 Å². The Bertz CT molecular complexity index is 499. The molecule has 0 aromatic rings. The number of aliphatic carboxylic acids is 1. The van der Waals surface area contributed by atoms with Gasteiger partial charge in [-0.25, -0.2) is 0 Å². The number of ether oxygens (including phenoxy) is 1. The second-order valence-corrected chi connectivity index (χ2v) is 7.25. The standard InChI is InChI=1S/C16H27N3O3/c1-12(2)19(16(3,4)5)13(10-14(17-19)15(20)21)11-18-6-8-22-9-7-18/h10,12H,6-9,11H2,1-5H3. The number of rotatable bonds is 4. The predicted octanol–water partition coefficient (Wildman–Crippen LogP) is 0.346. The lowest BCUT2D eigenvalue weighted by Gasteiger charge is -2.46. The van der Waals surface area contributed by atoms with Gasteiger partial charge in [0.15, 0.2) is 5.70 Å². The van der Waals surface area contributed by atoms with Gasteiger partial charge in [0, 0.05) is 19.2 Å². The first kappa shape index (κ1) is 17.1. The van der Waals surface area contributed by atoms with Crippen molar-refractivity contribution in [1.29, 1.82) is 0 Å². The van der Waals surface area contributed by atoms with Crippen molar-refractivity contribution in [2.45, 2.75) is 46.2 Å². The Morgan fingerprint density at radius 3 is 2.45 bits per heavy atom. The van der Waals surface area contributed by atoms with E-state index in [0.717, 1.165) is 32.0 Å². The van der Waals surface area contributed by atoms with E-state index in [-0.39, 0.29) is 17.3 Å². The molecule has 2 heterocycles. The summed E-state index contributed by atoms with van der Waals surface area (Å²) in [5.74, 6) is -1.20. The smallest absolute Gasteiger partial charge is 0.152 e. The van der Waals surface area contributed by atoms with E-state index in [9.17, 15) is 9.90 Å². The van der Waals surface area contributed by atoms with E-state index in [1.165, 1.54) is 0 Å². The van der Waals surface area contributed by atoms with Gasteiger partial charge in [0.25, 0.3) is 0 Å². The monoisotopic (exact) mass is 309 g/mol. The van der Waals surface area contributed by atoms with E-state index < -0.39 is 5.97 Å². The maximum Gasteiger partial charge on any atom is 0.152 e. The number of morpholine rings is 1. The van der Waals surface area contributed by atoms with Gasteiger partial charge >= 0.3 is 0 Å². The molecule has 1 atom stereocenters. The van der Waals surface area contributed by atoms with E-state index in [2.05, 4.69) is 44.6 Å². The molecule has 0 aromatic heterocycles. The molecule has 0 amide bonds. The summed E-state index contributed by atoms with van der Waals surface area (Å²) in [5, 5.41) is 15.9. The van der Waals surface area contributed by atoms with Gasteiger partial charge in [-0.2, -0.15) is 4.59 Å². The van der Waals surface area contributed by atoms with Gasteiger partial charge in [-0.15, -0.1) is 0 Å². The van der Waals surface area contributed by atoms with E-state index in [0.29, 0.717) is 11.1 Å². The van der Waals surface area contributed by atoms with E-state index >= 15 is 0 Å². The highest BCUT2D eigenvalue weighted by Crippen LogP contribution is 2.39. The SMILES string of the molecule is CC(C)[N+]1(C(C)(C)C)N=C(C(=O)[O-])C=C1CN1CCOCC1. The lowest BCUT2D eigenvalue weighted by atomic mass is 10.00. The van der Waals surface area contributed by atoms with Crippen molar-refractivity contribution < 1.29 is 19.2 Å². The minimum absolute atomic E-state index is 0.0480. The molecule has 2 aliphatic rings. The van der Waals surface area contributed by atoms with Crippen molar-refractivity contribution in [2.75, 3.05) is 32.8 Å². The molecule has 0 radical (unpaired) electrons. The molecule has 124 valence electrons. The first-order chi connectivity index (χ1) is 10.2. The maximum atomic E-state index is 11.3. The quantitative estimate of drug-likeness (QED) is 0.703. The number of carbonyl (C=O) groups is 1. The van der Waals surface area contributed by atoms with Crippen LogP contribution in [-0.4, -0.2) is 65.6 Å². The Morgan fingerprint density at radius 1 is 1.41 bits per heavy atom. The molecule has 1 saturated heterocycles. The highest BCUT2D eigenvalue weighted by atomic mass is 16.5. The summed E-state index contributed by atoms with van der Waals surface area (Å²) in [6, 6.07) is 0.143. The summed E-state index contributed by atoms with van der Waals surface area (Å²) in [6.45, 7) is 14.3. The Morgan fingerprint density at radius 2 is 2.00 bits per heavy atom. The molecule has 6 heteroatoms. The number of carboxylic acid groups (broad SMARTS) is 1. The summed E-state index contributed by atoms with van der Waals surface area (Å²) in [7, 11) is 0. The Hall–Kier alpha value is -1.24. The molecule has 6 nitrogen and oxygen atoms in total. The molecule has 22 heavy (non-hydrogen) atoms. The third kappa shape index (κ3) is 2.95. The summed E-state index contributed by atoms with van der Waals surface area (Å²) in [4.78, 5) is 13.6. The highest BCUT2D eigenvalue weighted by Gasteiger charge is 2.51. The molecule has 0 N–H and O–H groups in total. The van der Waals surface area contributed by atoms with E-state index in [4.69, 9.17) is 4.74 Å². The summed E-state index contributed by atoms with van der Waals surface area (Å²) in [5.41, 5.74) is 0.833. The number of quaternary nitrogens is 1. The van der Waals surface area contributed by atoms with Crippen LogP contribution in [0.15, 0.2) is 16.9 Å². The molecule has 0 aliphatic carbocycles. The first-order valence-corrected chi connectivity index (χ1v) is 7.90. The minimum atomic E-state index is -1.20. The fourth-order valence-electron chi connectivity index (χ4n) is 3.56. The zero-order chi connectivity index (χ0) is 16.5. The second-order valence-electron chi connectivity index (χ2n) is 7.25. The lowest BCUT2D eigenvalue weighted by molar-refractivity contribution is -0.960. The Kier molecular flexibility index (Phi) is 4.75. The van der Waals surface area contributed by atoms with Gasteiger partial charge in [0.1, 0.15) is 17.3 Å². The number of hydrogen-bond donors (Lipinski definition) is 0. The van der Waals surface area contributed by atoms with Crippen LogP contribution in [0.5, 0.6) is 0 Å². The average Bonchev–Trinajstić information content (AvgIpc) is 2.80. The van der Waals surface area contributed by atoms with Crippen LogP contribution in [0.1, 0.15) is 34.6 Å². The molecule has 0 aromatic carbocycles. The molecule has 2 rings (SSSR count). The van der Waals surface area contributed by atoms with Gasteiger partial charge in [0.05, 0.1) is 25.7 Å². The van der Waals surface area contributed by atoms with Gasteiger partial charge in [-0.05, 0) is 34.6 Å². The predicted molar refractivity (Wildman–Crippen MR) is 82.9 cm³/mol. The van der Waals surface area contributed by atoms with Gasteiger partial charge in [-0.3, -0.25) is 4.90 Å². The summed E-state index contributed by atoms with van der Waals surface area (Å²) < 4.78 is 5.70. The van der Waals surface area contributed by atoms with Crippen LogP contribution in [-0.2, 0) is 9.53 Å². The fraction of sp³-hybridized carbons (Fsp3) is 0.750. The zero-order valence-electron chi connectivity index (χ0n) is 14.3. The first-order valence-electron chi connectivity index (χ1n) is 7.90. The minimum Gasteiger partial charge on any atom is -0.543 e. The zero-order valence-corrected chi connectivity index (χ0v) is 14.3. The van der Waals surface area contributed by atoms with Crippen LogP contribution >= 0.6 is 0 Å². The summed E-state index contributed by atoms with van der Waals surface area (Å²) in [6.07, 6.45) is 1.70. The van der Waals surface area contributed by atoms with Crippen molar-refractivity contribution in [3.8, 4) is 0 Å². The van der Waals surface area contributed by atoms with Gasteiger partial charge in [-0.1, -0.05) is 5.10 Å². The molecule has 1 fully saturated rings. The van der Waals surface area contributed by atoms with Crippen molar-refractivity contribution >= 4 is 11.7 Å². The van der Waals surface area contributed by atoms with E-state index in [1.54, 1.807) is 6.08 Å². The number of carboxylic acids is 1. The van der Waals surface area contributed by atoms with Crippen molar-refractivity contribution in [1.82, 2.24) is 4.90 Å². The third-order valence-electron chi connectivity index (χ3n) is 4.48. The Balaban J connectivity index is 2.38. The number of nitrogens with zero attached hydrogens (tertiary/aromatic N) is 3. The van der Waals surface area contributed by atoms with Crippen LogP contribution in [0.2, 0.25) is 0 Å². The number of hydrogen-bond acceptors (Lipinski definition) is 5. The van der Waals surface area contributed by atoms with E-state index in [1.807, 2.05) is 0 Å². The second kappa shape index (κ2) is 6.10. The average molecular weight is 309 g/mol. The van der Waals surface area contributed by atoms with Crippen LogP contribution in [0.4, 0.5) is 0 Å². The molecular weight excluding hydrogens is 282 g/mol. The van der Waals surface area contributed by atoms with Crippen LogP contribution in [0, 0.1) is 0 Å². The molecule has 0 spiro atoms. The molecule has 0 saturated carbocycles. The molecule has 0 bridgehead atoms. The summed E-state index contributed by atoms with van der Waals surface area (Å²) >= 11 is 0. The number of carbonyl (C=O) groups excluding carboxylic acids is 1. The molecule has 2 aliphatic heterocycles. The van der Waals surface area contributed by atoms with Crippen molar-refractivity contribution in [3.05, 3.63) is 11.8 Å². The van der Waals surface area contributed by atoms with Gasteiger partial charge in [0.2, 0.25) is 0 Å². The van der Waals surface area contributed by atoms with Crippen molar-refractivity contribution in [3.63, 3.8) is 0 Å². The normalized spacial score (nSPS) is 27.0. The van der Waals surface area contributed by atoms with Crippen molar-refractivity contribution in [2.24, 2.45) is 5.10 Å². The largest absolute Gasteiger partial charge is 0.543 e. The Labute approximate surface area is 132 Å². The lowest BCUT2D eigenvalue weighted by Crippen LogP contribution is -2.60. The highest BCUT2D eigenvalue weighted by molar-refractivity contribution is 6.39. The van der Waals surface area contributed by atoms with Crippen LogP contribution in [0.3, 0.4) is 0 Å².